The normalized spacial score (nSPS) is 19.1. The molecular formula is C25H32F2N4O. The maximum absolute atomic E-state index is 14.5. The Hall–Kier alpha value is -2.70. The van der Waals surface area contributed by atoms with Gasteiger partial charge in [-0.15, -0.1) is 0 Å². The molecule has 1 fully saturated rings. The van der Waals surface area contributed by atoms with Crippen molar-refractivity contribution < 1.29 is 13.5 Å². The van der Waals surface area contributed by atoms with Gasteiger partial charge < -0.3 is 15.0 Å². The first-order valence-corrected chi connectivity index (χ1v) is 11.7. The summed E-state index contributed by atoms with van der Waals surface area (Å²) in [6.45, 7) is 6.45. The van der Waals surface area contributed by atoms with Crippen LogP contribution in [-0.2, 0) is 6.42 Å². The molecule has 1 aromatic heterocycles. The molecular weight excluding hydrogens is 410 g/mol. The van der Waals surface area contributed by atoms with Crippen molar-refractivity contribution in [3.8, 4) is 5.75 Å². The van der Waals surface area contributed by atoms with Gasteiger partial charge in [-0.1, -0.05) is 13.0 Å². The zero-order valence-corrected chi connectivity index (χ0v) is 18.9. The molecule has 0 aliphatic carbocycles. The molecule has 0 unspecified atom stereocenters. The second kappa shape index (κ2) is 10.3. The number of anilines is 1. The standard InChI is InChI=1S/C25H32F2N4O/c1-3-18-15-28-25(29-16-18)31-10-8-19(9-11-31)5-4-12-32-20-13-21(26)24(22(27)14-20)23-7-6-17(2)30-23/h7,13-17,19,30H,3-6,8-12H2,1-2H3/t17-/m0/s1. The van der Waals surface area contributed by atoms with E-state index in [1.165, 1.54) is 12.1 Å². The summed E-state index contributed by atoms with van der Waals surface area (Å²) in [7, 11) is 0. The molecule has 5 nitrogen and oxygen atoms in total. The van der Waals surface area contributed by atoms with Crippen LogP contribution >= 0.6 is 0 Å². The number of rotatable bonds is 8. The molecule has 2 aromatic rings. The van der Waals surface area contributed by atoms with Crippen LogP contribution in [-0.4, -0.2) is 35.7 Å². The fraction of sp³-hybridized carbons (Fsp3) is 0.520. The number of ether oxygens (including phenoxy) is 1. The van der Waals surface area contributed by atoms with Gasteiger partial charge in [-0.3, -0.25) is 0 Å². The summed E-state index contributed by atoms with van der Waals surface area (Å²) < 4.78 is 34.6. The molecule has 0 radical (unpaired) electrons. The molecule has 0 saturated carbocycles. The molecule has 4 rings (SSSR count). The second-order valence-electron chi connectivity index (χ2n) is 8.83. The third-order valence-electron chi connectivity index (χ3n) is 6.39. The van der Waals surface area contributed by atoms with Gasteiger partial charge in [-0.05, 0) is 56.9 Å². The lowest BCUT2D eigenvalue weighted by Gasteiger charge is -2.32. The summed E-state index contributed by atoms with van der Waals surface area (Å²) in [5.41, 5.74) is 1.68. The van der Waals surface area contributed by atoms with Crippen LogP contribution in [0.5, 0.6) is 5.75 Å². The molecule has 1 saturated heterocycles. The van der Waals surface area contributed by atoms with Crippen molar-refractivity contribution in [1.29, 1.82) is 0 Å². The van der Waals surface area contributed by atoms with Gasteiger partial charge in [0.05, 0.1) is 12.2 Å². The minimum atomic E-state index is -0.589. The molecule has 0 spiro atoms. The van der Waals surface area contributed by atoms with E-state index in [2.05, 4.69) is 27.1 Å². The lowest BCUT2D eigenvalue weighted by atomic mass is 9.92. The van der Waals surface area contributed by atoms with Gasteiger partial charge in [-0.25, -0.2) is 18.7 Å². The van der Waals surface area contributed by atoms with Gasteiger partial charge in [-0.2, -0.15) is 0 Å². The second-order valence-corrected chi connectivity index (χ2v) is 8.83. The van der Waals surface area contributed by atoms with E-state index in [-0.39, 0.29) is 17.4 Å². The van der Waals surface area contributed by atoms with Crippen LogP contribution in [0.3, 0.4) is 0 Å². The molecule has 2 aliphatic heterocycles. The minimum Gasteiger partial charge on any atom is -0.493 e. The Morgan fingerprint density at radius 3 is 2.41 bits per heavy atom. The Morgan fingerprint density at radius 2 is 1.81 bits per heavy atom. The van der Waals surface area contributed by atoms with Crippen molar-refractivity contribution in [2.45, 2.75) is 58.4 Å². The van der Waals surface area contributed by atoms with E-state index >= 15 is 0 Å². The Morgan fingerprint density at radius 1 is 1.12 bits per heavy atom. The van der Waals surface area contributed by atoms with Crippen LogP contribution in [0.25, 0.3) is 5.70 Å². The highest BCUT2D eigenvalue weighted by molar-refractivity contribution is 5.67. The fourth-order valence-electron chi connectivity index (χ4n) is 4.42. The van der Waals surface area contributed by atoms with Crippen molar-refractivity contribution in [3.05, 3.63) is 53.4 Å². The van der Waals surface area contributed by atoms with E-state index in [0.29, 0.717) is 18.2 Å². The maximum atomic E-state index is 14.5. The highest BCUT2D eigenvalue weighted by Crippen LogP contribution is 2.29. The molecule has 0 amide bonds. The van der Waals surface area contributed by atoms with Gasteiger partial charge in [0.25, 0.3) is 0 Å². The van der Waals surface area contributed by atoms with Crippen LogP contribution in [0, 0.1) is 17.6 Å². The summed E-state index contributed by atoms with van der Waals surface area (Å²) in [5.74, 6) is 0.513. The maximum Gasteiger partial charge on any atom is 0.225 e. The molecule has 32 heavy (non-hydrogen) atoms. The number of nitrogens with one attached hydrogen (secondary N) is 1. The molecule has 1 atom stereocenters. The molecule has 3 heterocycles. The Kier molecular flexibility index (Phi) is 7.22. The zero-order chi connectivity index (χ0) is 22.5. The van der Waals surface area contributed by atoms with Crippen LogP contribution in [0.2, 0.25) is 0 Å². The number of aryl methyl sites for hydroxylation is 1. The summed E-state index contributed by atoms with van der Waals surface area (Å²) in [4.78, 5) is 11.2. The number of hydrogen-bond acceptors (Lipinski definition) is 5. The van der Waals surface area contributed by atoms with Crippen molar-refractivity contribution in [3.63, 3.8) is 0 Å². The quantitative estimate of drug-likeness (QED) is 0.576. The predicted molar refractivity (Wildman–Crippen MR) is 123 cm³/mol. The third kappa shape index (κ3) is 5.37. The summed E-state index contributed by atoms with van der Waals surface area (Å²) in [6, 6.07) is 2.76. The van der Waals surface area contributed by atoms with Crippen LogP contribution in [0.15, 0.2) is 30.6 Å². The first-order valence-electron chi connectivity index (χ1n) is 11.7. The van der Waals surface area contributed by atoms with Crippen molar-refractivity contribution in [2.75, 3.05) is 24.6 Å². The third-order valence-corrected chi connectivity index (χ3v) is 6.39. The van der Waals surface area contributed by atoms with Gasteiger partial charge >= 0.3 is 0 Å². The van der Waals surface area contributed by atoms with Crippen molar-refractivity contribution in [1.82, 2.24) is 15.3 Å². The Labute approximate surface area is 188 Å². The lowest BCUT2D eigenvalue weighted by Crippen LogP contribution is -2.35. The molecule has 0 bridgehead atoms. The minimum absolute atomic E-state index is 0.00164. The number of benzene rings is 1. The number of halogens is 2. The molecule has 2 aliphatic rings. The largest absolute Gasteiger partial charge is 0.493 e. The van der Waals surface area contributed by atoms with Crippen LogP contribution in [0.1, 0.15) is 57.1 Å². The van der Waals surface area contributed by atoms with E-state index in [1.54, 1.807) is 0 Å². The van der Waals surface area contributed by atoms with E-state index < -0.39 is 11.6 Å². The lowest BCUT2D eigenvalue weighted by molar-refractivity contribution is 0.277. The van der Waals surface area contributed by atoms with E-state index in [9.17, 15) is 8.78 Å². The number of nitrogens with zero attached hydrogens (tertiary/aromatic N) is 3. The Balaban J connectivity index is 1.20. The highest BCUT2D eigenvalue weighted by Gasteiger charge is 2.22. The van der Waals surface area contributed by atoms with Gasteiger partial charge in [0, 0.05) is 49.4 Å². The number of piperidine rings is 1. The van der Waals surface area contributed by atoms with E-state index in [4.69, 9.17) is 4.74 Å². The van der Waals surface area contributed by atoms with Crippen molar-refractivity contribution >= 4 is 11.6 Å². The summed E-state index contributed by atoms with van der Waals surface area (Å²) in [5, 5.41) is 3.11. The van der Waals surface area contributed by atoms with Crippen LogP contribution < -0.4 is 15.0 Å². The summed E-state index contributed by atoms with van der Waals surface area (Å²) >= 11 is 0. The first kappa shape index (κ1) is 22.5. The zero-order valence-electron chi connectivity index (χ0n) is 18.9. The highest BCUT2D eigenvalue weighted by atomic mass is 19.1. The monoisotopic (exact) mass is 442 g/mol. The average molecular weight is 443 g/mol. The molecule has 7 heteroatoms. The Bertz CT molecular complexity index is 916. The molecule has 1 N–H and O–H groups in total. The number of hydrogen-bond donors (Lipinski definition) is 1. The smallest absolute Gasteiger partial charge is 0.225 e. The first-order chi connectivity index (χ1) is 15.5. The molecule has 172 valence electrons. The molecule has 1 aromatic carbocycles. The van der Waals surface area contributed by atoms with E-state index in [0.717, 1.165) is 63.1 Å². The van der Waals surface area contributed by atoms with Gasteiger partial charge in [0.2, 0.25) is 5.95 Å². The van der Waals surface area contributed by atoms with Crippen molar-refractivity contribution in [2.24, 2.45) is 5.92 Å². The summed E-state index contributed by atoms with van der Waals surface area (Å²) in [6.07, 6.45) is 11.5. The van der Waals surface area contributed by atoms with E-state index in [1.807, 2.05) is 25.4 Å². The van der Waals surface area contributed by atoms with Crippen LogP contribution in [0.4, 0.5) is 14.7 Å². The number of aromatic nitrogens is 2. The predicted octanol–water partition coefficient (Wildman–Crippen LogP) is 5.12. The van der Waals surface area contributed by atoms with Gasteiger partial charge in [0.15, 0.2) is 0 Å². The average Bonchev–Trinajstić information content (AvgIpc) is 3.22. The SMILES string of the molecule is CCc1cnc(N2CCC(CCCOc3cc(F)c(C4=CC[C@H](C)N4)c(F)c3)CC2)nc1. The topological polar surface area (TPSA) is 50.3 Å². The fourth-order valence-corrected chi connectivity index (χ4v) is 4.42. The van der Waals surface area contributed by atoms with Gasteiger partial charge in [0.1, 0.15) is 17.4 Å².